The van der Waals surface area contributed by atoms with Gasteiger partial charge in [0.1, 0.15) is 5.75 Å². The Morgan fingerprint density at radius 2 is 2.20 bits per heavy atom. The van der Waals surface area contributed by atoms with Crippen molar-refractivity contribution in [2.45, 2.75) is 6.61 Å². The Balaban J connectivity index is 2.50. The number of nitrogens with zero attached hydrogens (tertiary/aromatic N) is 2. The minimum Gasteiger partial charge on any atom is -0.435 e. The summed E-state index contributed by atoms with van der Waals surface area (Å²) in [4.78, 5) is 0. The molecule has 2 N–H and O–H groups in total. The monoisotopic (exact) mass is 213 g/mol. The number of rotatable bonds is 2. The summed E-state index contributed by atoms with van der Waals surface area (Å²) in [5.41, 5.74) is 6.27. The second kappa shape index (κ2) is 3.38. The number of aromatic nitrogens is 2. The van der Waals surface area contributed by atoms with Crippen LogP contribution in [0.5, 0.6) is 5.75 Å². The first-order valence-electron chi connectivity index (χ1n) is 4.25. The minimum atomic E-state index is -2.83. The van der Waals surface area contributed by atoms with E-state index < -0.39 is 6.61 Å². The number of nitrogens with two attached hydrogens (primary N) is 1. The predicted octanol–water partition coefficient (Wildman–Crippen LogP) is 1.76. The molecule has 0 saturated carbocycles. The van der Waals surface area contributed by atoms with E-state index in [9.17, 15) is 8.78 Å². The zero-order valence-corrected chi connectivity index (χ0v) is 7.95. The molecule has 0 spiro atoms. The third-order valence-corrected chi connectivity index (χ3v) is 2.08. The van der Waals surface area contributed by atoms with Crippen molar-refractivity contribution >= 4 is 16.7 Å². The van der Waals surface area contributed by atoms with E-state index in [2.05, 4.69) is 9.84 Å². The van der Waals surface area contributed by atoms with Crippen LogP contribution in [0.4, 0.5) is 14.6 Å². The van der Waals surface area contributed by atoms with Crippen LogP contribution in [0.15, 0.2) is 18.2 Å². The van der Waals surface area contributed by atoms with Crippen LogP contribution in [0.2, 0.25) is 0 Å². The van der Waals surface area contributed by atoms with Crippen LogP contribution < -0.4 is 10.5 Å². The number of fused-ring (bicyclic) bond motifs is 1. The lowest BCUT2D eigenvalue weighted by Gasteiger charge is -2.04. The van der Waals surface area contributed by atoms with E-state index in [0.717, 1.165) is 5.39 Å². The van der Waals surface area contributed by atoms with E-state index in [1.807, 2.05) is 0 Å². The lowest BCUT2D eigenvalue weighted by molar-refractivity contribution is -0.0497. The van der Waals surface area contributed by atoms with Crippen molar-refractivity contribution in [1.29, 1.82) is 0 Å². The molecule has 0 aliphatic carbocycles. The molecule has 0 fully saturated rings. The maximum atomic E-state index is 12.0. The fourth-order valence-corrected chi connectivity index (χ4v) is 1.44. The highest BCUT2D eigenvalue weighted by Gasteiger charge is 2.09. The average molecular weight is 213 g/mol. The lowest BCUT2D eigenvalue weighted by atomic mass is 10.2. The zero-order valence-electron chi connectivity index (χ0n) is 7.95. The quantitative estimate of drug-likeness (QED) is 0.826. The van der Waals surface area contributed by atoms with Gasteiger partial charge in [-0.05, 0) is 12.1 Å². The van der Waals surface area contributed by atoms with E-state index in [1.54, 1.807) is 13.1 Å². The summed E-state index contributed by atoms with van der Waals surface area (Å²) in [6, 6.07) is 4.52. The third-order valence-electron chi connectivity index (χ3n) is 2.08. The van der Waals surface area contributed by atoms with Gasteiger partial charge >= 0.3 is 6.61 Å². The number of halogens is 2. The van der Waals surface area contributed by atoms with Crippen molar-refractivity contribution in [2.75, 3.05) is 5.73 Å². The van der Waals surface area contributed by atoms with Gasteiger partial charge in [-0.1, -0.05) is 0 Å². The molecule has 2 rings (SSSR count). The van der Waals surface area contributed by atoms with Crippen molar-refractivity contribution in [3.8, 4) is 5.75 Å². The summed E-state index contributed by atoms with van der Waals surface area (Å²) in [6.45, 7) is -2.83. The normalized spacial score (nSPS) is 11.2. The molecule has 0 saturated heterocycles. The first-order valence-corrected chi connectivity index (χ1v) is 4.25. The highest BCUT2D eigenvalue weighted by atomic mass is 19.3. The number of ether oxygens (including phenoxy) is 1. The van der Waals surface area contributed by atoms with Crippen LogP contribution in [0.3, 0.4) is 0 Å². The third kappa shape index (κ3) is 1.70. The molecule has 4 nitrogen and oxygen atoms in total. The van der Waals surface area contributed by atoms with E-state index in [-0.39, 0.29) is 5.75 Å². The van der Waals surface area contributed by atoms with Crippen LogP contribution in [0, 0.1) is 0 Å². The van der Waals surface area contributed by atoms with Crippen molar-refractivity contribution in [1.82, 2.24) is 9.78 Å². The Labute approximate surface area is 84.2 Å². The number of benzene rings is 1. The lowest BCUT2D eigenvalue weighted by Crippen LogP contribution is -2.01. The number of hydrogen-bond acceptors (Lipinski definition) is 3. The van der Waals surface area contributed by atoms with E-state index in [4.69, 9.17) is 5.73 Å². The van der Waals surface area contributed by atoms with Crippen molar-refractivity contribution in [3.63, 3.8) is 0 Å². The fourth-order valence-electron chi connectivity index (χ4n) is 1.44. The summed E-state index contributed by atoms with van der Waals surface area (Å²) in [5.74, 6) is 0.469. The summed E-state index contributed by atoms with van der Waals surface area (Å²) in [5, 5.41) is 4.68. The van der Waals surface area contributed by atoms with Crippen molar-refractivity contribution < 1.29 is 13.5 Å². The molecular weight excluding hydrogens is 204 g/mol. The molecule has 0 unspecified atom stereocenters. The summed E-state index contributed by atoms with van der Waals surface area (Å²) >= 11 is 0. The molecule has 0 atom stereocenters. The van der Waals surface area contributed by atoms with Gasteiger partial charge in [0.2, 0.25) is 0 Å². The van der Waals surface area contributed by atoms with Gasteiger partial charge in [-0.3, -0.25) is 4.68 Å². The minimum absolute atomic E-state index is 0.0977. The molecule has 0 aliphatic heterocycles. The molecule has 1 aromatic carbocycles. The molecule has 80 valence electrons. The molecule has 0 radical (unpaired) electrons. The van der Waals surface area contributed by atoms with E-state index in [1.165, 1.54) is 16.8 Å². The Morgan fingerprint density at radius 1 is 1.47 bits per heavy atom. The number of anilines is 1. The number of nitrogen functional groups attached to an aromatic ring is 1. The average Bonchev–Trinajstić information content (AvgIpc) is 2.41. The second-order valence-electron chi connectivity index (χ2n) is 3.07. The molecule has 0 bridgehead atoms. The standard InChI is InChI=1S/C9H9F2N3O/c1-14-7-4-5(15-9(10)11)2-3-6(7)8(12)13-14/h2-4,9H,1H3,(H2,12,13). The van der Waals surface area contributed by atoms with Gasteiger partial charge in [0.15, 0.2) is 5.82 Å². The smallest absolute Gasteiger partial charge is 0.387 e. The Kier molecular flexibility index (Phi) is 2.18. The Bertz CT molecular complexity index is 495. The zero-order chi connectivity index (χ0) is 11.0. The molecule has 15 heavy (non-hydrogen) atoms. The SMILES string of the molecule is Cn1nc(N)c2ccc(OC(F)F)cc21. The van der Waals surface area contributed by atoms with E-state index in [0.29, 0.717) is 11.3 Å². The van der Waals surface area contributed by atoms with Gasteiger partial charge in [0.25, 0.3) is 0 Å². The van der Waals surface area contributed by atoms with Crippen LogP contribution in [-0.4, -0.2) is 16.4 Å². The topological polar surface area (TPSA) is 53.1 Å². The summed E-state index contributed by atoms with van der Waals surface area (Å²) in [7, 11) is 1.69. The first-order chi connectivity index (χ1) is 7.08. The molecule has 1 heterocycles. The van der Waals surface area contributed by atoms with Crippen LogP contribution >= 0.6 is 0 Å². The van der Waals surface area contributed by atoms with E-state index >= 15 is 0 Å². The Hall–Kier alpha value is -1.85. The maximum absolute atomic E-state index is 12.0. The van der Waals surface area contributed by atoms with Gasteiger partial charge in [0.05, 0.1) is 5.52 Å². The van der Waals surface area contributed by atoms with Crippen molar-refractivity contribution in [3.05, 3.63) is 18.2 Å². The van der Waals surface area contributed by atoms with Crippen LogP contribution in [0.1, 0.15) is 0 Å². The van der Waals surface area contributed by atoms with Gasteiger partial charge < -0.3 is 10.5 Å². The molecular formula is C9H9F2N3O. The first kappa shape index (κ1) is 9.70. The number of aryl methyl sites for hydroxylation is 1. The van der Waals surface area contributed by atoms with Crippen LogP contribution in [-0.2, 0) is 7.05 Å². The second-order valence-corrected chi connectivity index (χ2v) is 3.07. The molecule has 0 amide bonds. The summed E-state index contributed by atoms with van der Waals surface area (Å²) < 4.78 is 29.7. The predicted molar refractivity (Wildman–Crippen MR) is 51.8 cm³/mol. The van der Waals surface area contributed by atoms with Gasteiger partial charge in [-0.25, -0.2) is 0 Å². The maximum Gasteiger partial charge on any atom is 0.387 e. The summed E-state index contributed by atoms with van der Waals surface area (Å²) in [6.07, 6.45) is 0. The van der Waals surface area contributed by atoms with Crippen LogP contribution in [0.25, 0.3) is 10.9 Å². The van der Waals surface area contributed by atoms with Gasteiger partial charge in [-0.15, -0.1) is 0 Å². The highest BCUT2D eigenvalue weighted by molar-refractivity contribution is 5.89. The highest BCUT2D eigenvalue weighted by Crippen LogP contribution is 2.25. The van der Waals surface area contributed by atoms with Crippen molar-refractivity contribution in [2.24, 2.45) is 7.05 Å². The van der Waals surface area contributed by atoms with Gasteiger partial charge in [0, 0.05) is 18.5 Å². The number of alkyl halides is 2. The number of hydrogen-bond donors (Lipinski definition) is 1. The largest absolute Gasteiger partial charge is 0.435 e. The Morgan fingerprint density at radius 3 is 2.87 bits per heavy atom. The molecule has 6 heteroatoms. The van der Waals surface area contributed by atoms with Gasteiger partial charge in [-0.2, -0.15) is 13.9 Å². The fraction of sp³-hybridized carbons (Fsp3) is 0.222. The molecule has 1 aromatic heterocycles. The molecule has 2 aromatic rings. The molecule has 0 aliphatic rings.